The first kappa shape index (κ1) is 71.0. The van der Waals surface area contributed by atoms with Crippen LogP contribution in [0.25, 0.3) is 0 Å². The molecule has 74 heavy (non-hydrogen) atoms. The lowest BCUT2D eigenvalue weighted by Crippen LogP contribution is -2.54. The molecular weight excluding hydrogens is 905 g/mol. The minimum Gasteiger partial charge on any atom is -0.422 e. The second-order valence-corrected chi connectivity index (χ2v) is 29.7. The van der Waals surface area contributed by atoms with Crippen molar-refractivity contribution in [1.29, 1.82) is 0 Å². The lowest BCUT2D eigenvalue weighted by atomic mass is 9.75. The first-order chi connectivity index (χ1) is 34.8. The largest absolute Gasteiger partial charge is 0.422 e. The lowest BCUT2D eigenvalue weighted by Gasteiger charge is -2.40. The van der Waals surface area contributed by atoms with E-state index in [-0.39, 0.29) is 11.9 Å². The van der Waals surface area contributed by atoms with Gasteiger partial charge in [0.05, 0.1) is 0 Å². The van der Waals surface area contributed by atoms with Crippen molar-refractivity contribution in [2.45, 2.75) is 349 Å². The third kappa shape index (κ3) is 35.4. The van der Waals surface area contributed by atoms with Gasteiger partial charge in [-0.1, -0.05) is 316 Å². The van der Waals surface area contributed by atoms with Crippen LogP contribution in [0, 0.1) is 88.3 Å². The summed E-state index contributed by atoms with van der Waals surface area (Å²) >= 11 is 0. The Bertz CT molecular complexity index is 1140. The van der Waals surface area contributed by atoms with Crippen LogP contribution in [0.1, 0.15) is 343 Å². The van der Waals surface area contributed by atoms with Crippen molar-refractivity contribution in [1.82, 2.24) is 0 Å². The van der Waals surface area contributed by atoms with Crippen molar-refractivity contribution in [3.05, 3.63) is 0 Å². The van der Waals surface area contributed by atoms with Gasteiger partial charge in [0.1, 0.15) is 0 Å². The fourth-order valence-corrected chi connectivity index (χ4v) is 12.6. The Balaban J connectivity index is 3.38. The van der Waals surface area contributed by atoms with Crippen LogP contribution in [0.4, 0.5) is 0 Å². The van der Waals surface area contributed by atoms with Crippen molar-refractivity contribution in [3.63, 3.8) is 0 Å². The molecule has 0 aromatic rings. The predicted molar refractivity (Wildman–Crippen MR) is 325 cm³/mol. The molecule has 0 unspecified atom stereocenters. The molecule has 1 saturated heterocycles. The molecule has 0 aliphatic carbocycles. The van der Waals surface area contributed by atoms with Crippen molar-refractivity contribution in [2.24, 2.45) is 88.3 Å². The number of carbonyl (C=O) groups excluding carboxylic acids is 2. The fraction of sp³-hybridized carbons (Fsp3) is 0.971. The molecule has 0 aromatic heterocycles. The molecule has 0 amide bonds. The predicted octanol–water partition coefficient (Wildman–Crippen LogP) is 23.0. The quantitative estimate of drug-likeness (QED) is 0.0450. The number of rotatable bonds is 48. The molecular formula is C70H136O4. The molecule has 4 nitrogen and oxygen atoms in total. The van der Waals surface area contributed by atoms with Gasteiger partial charge in [-0.25, -0.2) is 0 Å². The van der Waals surface area contributed by atoms with Crippen LogP contribution in [0.3, 0.4) is 0 Å². The van der Waals surface area contributed by atoms with E-state index in [1.54, 1.807) is 13.8 Å². The van der Waals surface area contributed by atoms with Gasteiger partial charge in [-0.3, -0.25) is 9.59 Å². The summed E-state index contributed by atoms with van der Waals surface area (Å²) in [6.07, 6.45) is 42.2. The number of ether oxygens (including phenoxy) is 2. The zero-order valence-electron chi connectivity index (χ0n) is 53.8. The molecule has 0 radical (unpaired) electrons. The van der Waals surface area contributed by atoms with E-state index in [1.165, 1.54) is 180 Å². The van der Waals surface area contributed by atoms with Gasteiger partial charge < -0.3 is 9.47 Å². The molecule has 1 aliphatic heterocycles. The van der Waals surface area contributed by atoms with Crippen LogP contribution in [0.2, 0.25) is 0 Å². The van der Waals surface area contributed by atoms with Gasteiger partial charge in [-0.15, -0.1) is 0 Å². The van der Waals surface area contributed by atoms with E-state index in [2.05, 4.69) is 111 Å². The van der Waals surface area contributed by atoms with Gasteiger partial charge in [-0.2, -0.15) is 0 Å². The highest BCUT2D eigenvalue weighted by atomic mass is 16.7. The van der Waals surface area contributed by atoms with E-state index in [1.807, 2.05) is 0 Å². The van der Waals surface area contributed by atoms with Gasteiger partial charge in [0.2, 0.25) is 0 Å². The summed E-state index contributed by atoms with van der Waals surface area (Å²) in [6.45, 7) is 41.6. The highest BCUT2D eigenvalue weighted by Crippen LogP contribution is 2.43. The molecule has 1 aliphatic rings. The maximum absolute atomic E-state index is 14.4. The zero-order chi connectivity index (χ0) is 55.7. The van der Waals surface area contributed by atoms with Crippen LogP contribution in [-0.2, 0) is 19.1 Å². The minimum atomic E-state index is -1.21. The third-order valence-electron chi connectivity index (χ3n) is 18.0. The molecule has 1 rings (SSSR count). The summed E-state index contributed by atoms with van der Waals surface area (Å²) in [5.74, 6) is 8.81. The zero-order valence-corrected chi connectivity index (χ0v) is 53.8. The first-order valence-electron chi connectivity index (χ1n) is 33.3. The summed E-state index contributed by atoms with van der Waals surface area (Å²) in [5, 5.41) is 0. The minimum absolute atomic E-state index is 0.320. The Labute approximate surface area is 465 Å². The number of hydrogen-bond donors (Lipinski definition) is 0. The van der Waals surface area contributed by atoms with Crippen molar-refractivity contribution in [2.75, 3.05) is 0 Å². The van der Waals surface area contributed by atoms with Gasteiger partial charge >= 0.3 is 11.9 Å². The van der Waals surface area contributed by atoms with E-state index < -0.39 is 11.2 Å². The maximum Gasteiger partial charge on any atom is 0.326 e. The topological polar surface area (TPSA) is 52.6 Å². The Hall–Kier alpha value is -1.06. The first-order valence-corrected chi connectivity index (χ1v) is 33.3. The Morgan fingerprint density at radius 3 is 0.595 bits per heavy atom. The van der Waals surface area contributed by atoms with E-state index in [4.69, 9.17) is 9.47 Å². The molecule has 0 spiro atoms. The molecule has 0 bridgehead atoms. The standard InChI is InChI=1S/C70H136O4/c1-53(2)35-43-63(44-36-54(3)4)29-19-25-61(26-20-30-64(45-37-55(5)6)46-38-56(7)8)33-23-51-70(67(71)73-69(17,18)74-68(70)72)52-24-34-62(27-21-31-65(47-39-57(9)10)48-40-58(11)12)28-22-32-66(49-41-59(13)14)50-42-60(15)16/h53-66H,19-52H2,1-18H3. The highest BCUT2D eigenvalue weighted by Gasteiger charge is 2.55. The highest BCUT2D eigenvalue weighted by molar-refractivity contribution is 6.01. The molecule has 4 heteroatoms. The SMILES string of the molecule is CC(C)CCC(CCCC(CCCC(CCC(C)C)CCC(C)C)CCCC1(CCCC(CCCC(CCC(C)C)CCC(C)C)CCCC(CCC(C)C)CCC(C)C)C(=O)OC(C)(C)OC1=O)CCC(C)C. The van der Waals surface area contributed by atoms with Gasteiger partial charge in [0.15, 0.2) is 5.41 Å². The Kier molecular flexibility index (Phi) is 38.5. The summed E-state index contributed by atoms with van der Waals surface area (Å²) < 4.78 is 12.2. The van der Waals surface area contributed by atoms with Crippen molar-refractivity contribution >= 4 is 11.9 Å². The van der Waals surface area contributed by atoms with E-state index in [9.17, 15) is 9.59 Å². The molecule has 0 saturated carbocycles. The van der Waals surface area contributed by atoms with Crippen LogP contribution in [0.15, 0.2) is 0 Å². The Morgan fingerprint density at radius 1 is 0.257 bits per heavy atom. The summed E-state index contributed by atoms with van der Waals surface area (Å²) in [6, 6.07) is 0. The molecule has 440 valence electrons. The smallest absolute Gasteiger partial charge is 0.326 e. The molecule has 0 aromatic carbocycles. The fourth-order valence-electron chi connectivity index (χ4n) is 12.6. The summed E-state index contributed by atoms with van der Waals surface area (Å²) in [5.41, 5.74) is -1.19. The van der Waals surface area contributed by atoms with Crippen LogP contribution >= 0.6 is 0 Å². The Morgan fingerprint density at radius 2 is 0.419 bits per heavy atom. The number of esters is 2. The molecule has 0 atom stereocenters. The van der Waals surface area contributed by atoms with E-state index in [0.717, 1.165) is 96.7 Å². The maximum atomic E-state index is 14.4. The molecule has 1 fully saturated rings. The number of carbonyl (C=O) groups is 2. The van der Waals surface area contributed by atoms with Crippen LogP contribution in [0.5, 0.6) is 0 Å². The normalized spacial score (nSPS) is 15.4. The average molecular weight is 1040 g/mol. The van der Waals surface area contributed by atoms with E-state index >= 15 is 0 Å². The second kappa shape index (κ2) is 40.2. The number of cyclic esters (lactones) is 2. The molecule has 1 heterocycles. The van der Waals surface area contributed by atoms with Gasteiger partial charge in [0.25, 0.3) is 5.79 Å². The number of hydrogen-bond acceptors (Lipinski definition) is 4. The third-order valence-corrected chi connectivity index (χ3v) is 18.0. The average Bonchev–Trinajstić information content (AvgIpc) is 3.29. The lowest BCUT2D eigenvalue weighted by molar-refractivity contribution is -0.252. The monoisotopic (exact) mass is 1040 g/mol. The summed E-state index contributed by atoms with van der Waals surface area (Å²) in [4.78, 5) is 28.9. The van der Waals surface area contributed by atoms with Crippen molar-refractivity contribution in [3.8, 4) is 0 Å². The second-order valence-electron chi connectivity index (χ2n) is 29.7. The van der Waals surface area contributed by atoms with Crippen molar-refractivity contribution < 1.29 is 19.1 Å². The van der Waals surface area contributed by atoms with E-state index in [0.29, 0.717) is 24.7 Å². The van der Waals surface area contributed by atoms with Gasteiger partial charge in [-0.05, 0) is 95.7 Å². The van der Waals surface area contributed by atoms with Gasteiger partial charge in [0, 0.05) is 13.8 Å². The molecule has 0 N–H and O–H groups in total. The van der Waals surface area contributed by atoms with Crippen LogP contribution in [-0.4, -0.2) is 17.7 Å². The summed E-state index contributed by atoms with van der Waals surface area (Å²) in [7, 11) is 0. The van der Waals surface area contributed by atoms with Crippen LogP contribution < -0.4 is 0 Å².